The zero-order valence-electron chi connectivity index (χ0n) is 19.1. The second-order valence-corrected chi connectivity index (χ2v) is 9.76. The lowest BCUT2D eigenvalue weighted by atomic mass is 10.1. The molecular formula is C25H24F3N5O2S. The van der Waals surface area contributed by atoms with Gasteiger partial charge in [-0.15, -0.1) is 5.10 Å². The summed E-state index contributed by atoms with van der Waals surface area (Å²) >= 11 is 0. The Bertz CT molecular complexity index is 1260. The van der Waals surface area contributed by atoms with Gasteiger partial charge in [-0.1, -0.05) is 42.5 Å². The minimum Gasteiger partial charge on any atom is -0.382 e. The minimum absolute atomic E-state index is 0.0743. The van der Waals surface area contributed by atoms with Gasteiger partial charge in [0.05, 0.1) is 30.2 Å². The highest BCUT2D eigenvalue weighted by Crippen LogP contribution is 2.31. The molecule has 1 heterocycles. The summed E-state index contributed by atoms with van der Waals surface area (Å²) in [4.78, 5) is 0. The molecule has 3 aromatic rings. The Hall–Kier alpha value is -3.57. The number of amidine groups is 1. The lowest BCUT2D eigenvalue weighted by molar-refractivity contribution is -0.137. The van der Waals surface area contributed by atoms with E-state index >= 15 is 0 Å². The largest absolute Gasteiger partial charge is 0.416 e. The molecule has 0 unspecified atom stereocenters. The number of nitrogens with two attached hydrogens (primary N) is 1. The minimum atomic E-state index is -4.40. The van der Waals surface area contributed by atoms with Crippen molar-refractivity contribution in [3.05, 3.63) is 95.6 Å². The van der Waals surface area contributed by atoms with Crippen LogP contribution in [0, 0.1) is 0 Å². The predicted octanol–water partition coefficient (Wildman–Crippen LogP) is 5.24. The van der Waals surface area contributed by atoms with Gasteiger partial charge in [-0.05, 0) is 47.2 Å². The van der Waals surface area contributed by atoms with Crippen LogP contribution >= 0.6 is 0 Å². The van der Waals surface area contributed by atoms with Gasteiger partial charge < -0.3 is 15.8 Å². The van der Waals surface area contributed by atoms with E-state index in [-0.39, 0.29) is 12.4 Å². The van der Waals surface area contributed by atoms with Crippen molar-refractivity contribution < 1.29 is 22.1 Å². The molecule has 0 saturated carbocycles. The van der Waals surface area contributed by atoms with E-state index in [9.17, 15) is 17.4 Å². The Morgan fingerprint density at radius 2 is 1.67 bits per heavy atom. The number of halogens is 3. The molecular weight excluding hydrogens is 491 g/mol. The first-order valence-corrected chi connectivity index (χ1v) is 12.5. The molecule has 0 amide bonds. The highest BCUT2D eigenvalue weighted by Gasteiger charge is 2.44. The van der Waals surface area contributed by atoms with Crippen molar-refractivity contribution in [1.29, 1.82) is 0 Å². The predicted molar refractivity (Wildman–Crippen MR) is 133 cm³/mol. The smallest absolute Gasteiger partial charge is 0.382 e. The Morgan fingerprint density at radius 3 is 2.33 bits per heavy atom. The summed E-state index contributed by atoms with van der Waals surface area (Å²) in [6, 6.07) is 21.3. The summed E-state index contributed by atoms with van der Waals surface area (Å²) in [6.45, 7) is 0.565. The third kappa shape index (κ3) is 6.55. The number of nitrogens with one attached hydrogen (secondary N) is 1. The summed E-state index contributed by atoms with van der Waals surface area (Å²) in [6.07, 6.45) is -4.40. The van der Waals surface area contributed by atoms with E-state index in [1.54, 1.807) is 24.3 Å². The van der Waals surface area contributed by atoms with Crippen LogP contribution in [0.2, 0.25) is 0 Å². The number of anilines is 2. The fourth-order valence-corrected chi connectivity index (χ4v) is 5.02. The molecule has 188 valence electrons. The quantitative estimate of drug-likeness (QED) is 0.176. The molecule has 0 atom stereocenters. The topological polar surface area (TPSA) is 101 Å². The van der Waals surface area contributed by atoms with Crippen molar-refractivity contribution in [2.24, 2.45) is 21.2 Å². The summed E-state index contributed by atoms with van der Waals surface area (Å²) in [5, 5.41) is 15.0. The average molecular weight is 516 g/mol. The number of nitrogens with zero attached hydrogens (tertiary/aromatic N) is 3. The van der Waals surface area contributed by atoms with E-state index in [4.69, 9.17) is 10.5 Å². The van der Waals surface area contributed by atoms with Crippen LogP contribution in [0.3, 0.4) is 0 Å². The molecule has 1 aliphatic rings. The highest BCUT2D eigenvalue weighted by atomic mass is 32.2. The van der Waals surface area contributed by atoms with Gasteiger partial charge in [0.25, 0.3) is 0 Å². The molecule has 3 aromatic carbocycles. The SMILES string of the molecule is NC(=NN=NCC1(OCc2ccccc2)CS(=O)C1)c1ccccc1Nc1ccc(C(F)(F)F)cc1. The molecule has 0 spiro atoms. The second kappa shape index (κ2) is 11.0. The normalized spacial score (nSPS) is 20.3. The number of hydrogen-bond acceptors (Lipinski definition) is 5. The summed E-state index contributed by atoms with van der Waals surface area (Å²) in [5.74, 6) is 0.820. The molecule has 36 heavy (non-hydrogen) atoms. The van der Waals surface area contributed by atoms with E-state index in [1.807, 2.05) is 30.3 Å². The van der Waals surface area contributed by atoms with Crippen molar-refractivity contribution in [1.82, 2.24) is 0 Å². The van der Waals surface area contributed by atoms with Crippen LogP contribution in [0.25, 0.3) is 0 Å². The van der Waals surface area contributed by atoms with Crippen LogP contribution in [-0.2, 0) is 28.3 Å². The lowest BCUT2D eigenvalue weighted by Gasteiger charge is -2.38. The van der Waals surface area contributed by atoms with Gasteiger partial charge in [0.2, 0.25) is 0 Å². The number of alkyl halides is 3. The number of ether oxygens (including phenoxy) is 1. The van der Waals surface area contributed by atoms with Crippen molar-refractivity contribution in [3.63, 3.8) is 0 Å². The number of benzene rings is 3. The monoisotopic (exact) mass is 515 g/mol. The van der Waals surface area contributed by atoms with E-state index in [0.29, 0.717) is 35.1 Å². The highest BCUT2D eigenvalue weighted by molar-refractivity contribution is 7.86. The molecule has 0 radical (unpaired) electrons. The third-order valence-corrected chi connectivity index (χ3v) is 7.20. The Labute approximate surface area is 208 Å². The van der Waals surface area contributed by atoms with Gasteiger partial charge >= 0.3 is 6.18 Å². The second-order valence-electron chi connectivity index (χ2n) is 8.31. The van der Waals surface area contributed by atoms with E-state index in [0.717, 1.165) is 17.7 Å². The lowest BCUT2D eigenvalue weighted by Crippen LogP contribution is -2.55. The van der Waals surface area contributed by atoms with Gasteiger partial charge in [-0.25, -0.2) is 0 Å². The van der Waals surface area contributed by atoms with Crippen molar-refractivity contribution in [3.8, 4) is 0 Å². The molecule has 0 aromatic heterocycles. The van der Waals surface area contributed by atoms with E-state index in [2.05, 4.69) is 20.8 Å². The standard InChI is InChI=1S/C25H24F3N5O2S/c26-25(27,28)19-10-12-20(13-11-19)31-22-9-5-4-8-21(22)23(29)32-33-30-15-24(16-36(34)17-24)35-14-18-6-2-1-3-7-18/h1-13,31H,14-17H2,(H2,29,30,32). The van der Waals surface area contributed by atoms with Gasteiger partial charge in [0.15, 0.2) is 5.84 Å². The van der Waals surface area contributed by atoms with E-state index < -0.39 is 28.1 Å². The maximum Gasteiger partial charge on any atom is 0.416 e. The molecule has 0 aliphatic carbocycles. The molecule has 1 saturated heterocycles. The molecule has 0 bridgehead atoms. The number of para-hydroxylation sites is 1. The zero-order chi connectivity index (χ0) is 25.6. The number of rotatable bonds is 9. The first-order valence-electron chi connectivity index (χ1n) is 11.0. The molecule has 4 rings (SSSR count). The van der Waals surface area contributed by atoms with Crippen LogP contribution < -0.4 is 11.1 Å². The van der Waals surface area contributed by atoms with Crippen LogP contribution in [-0.4, -0.2) is 33.7 Å². The van der Waals surface area contributed by atoms with Gasteiger partial charge in [-0.2, -0.15) is 18.3 Å². The van der Waals surface area contributed by atoms with Crippen molar-refractivity contribution in [2.45, 2.75) is 18.4 Å². The molecule has 1 aliphatic heterocycles. The zero-order valence-corrected chi connectivity index (χ0v) is 19.9. The van der Waals surface area contributed by atoms with Crippen molar-refractivity contribution >= 4 is 28.0 Å². The first kappa shape index (κ1) is 25.5. The maximum absolute atomic E-state index is 12.8. The van der Waals surface area contributed by atoms with Crippen LogP contribution in [0.4, 0.5) is 24.5 Å². The van der Waals surface area contributed by atoms with Gasteiger partial charge in [0.1, 0.15) is 5.60 Å². The summed E-state index contributed by atoms with van der Waals surface area (Å²) in [5.41, 5.74) is 7.24. The first-order chi connectivity index (χ1) is 17.2. The van der Waals surface area contributed by atoms with Crippen LogP contribution in [0.15, 0.2) is 94.3 Å². The molecule has 3 N–H and O–H groups in total. The number of hydrogen-bond donors (Lipinski definition) is 2. The van der Waals surface area contributed by atoms with Crippen LogP contribution in [0.5, 0.6) is 0 Å². The molecule has 7 nitrogen and oxygen atoms in total. The van der Waals surface area contributed by atoms with Crippen molar-refractivity contribution in [2.75, 3.05) is 23.4 Å². The Balaban J connectivity index is 1.40. The fourth-order valence-electron chi connectivity index (χ4n) is 3.58. The average Bonchev–Trinajstić information content (AvgIpc) is 2.85. The molecule has 1 fully saturated rings. The maximum atomic E-state index is 12.8. The van der Waals surface area contributed by atoms with Gasteiger partial charge in [-0.3, -0.25) is 4.21 Å². The molecule has 11 heteroatoms. The summed E-state index contributed by atoms with van der Waals surface area (Å²) in [7, 11) is -0.950. The summed E-state index contributed by atoms with van der Waals surface area (Å²) < 4.78 is 56.2. The van der Waals surface area contributed by atoms with Crippen LogP contribution in [0.1, 0.15) is 16.7 Å². The Kier molecular flexibility index (Phi) is 7.80. The fraction of sp³-hybridized carbons (Fsp3) is 0.240. The van der Waals surface area contributed by atoms with Gasteiger partial charge in [0, 0.05) is 27.7 Å². The third-order valence-electron chi connectivity index (χ3n) is 5.50. The van der Waals surface area contributed by atoms with E-state index in [1.165, 1.54) is 12.1 Å². The Morgan fingerprint density at radius 1 is 1.00 bits per heavy atom.